The van der Waals surface area contributed by atoms with Gasteiger partial charge in [0, 0.05) is 6.04 Å². The lowest BCUT2D eigenvalue weighted by Gasteiger charge is -2.17. The van der Waals surface area contributed by atoms with Crippen LogP contribution in [-0.2, 0) is 17.8 Å². The summed E-state index contributed by atoms with van der Waals surface area (Å²) in [6.45, 7) is 1.96. The lowest BCUT2D eigenvalue weighted by Crippen LogP contribution is -2.38. The van der Waals surface area contributed by atoms with Crippen LogP contribution < -0.4 is 5.32 Å². The molecule has 0 saturated carbocycles. The Balaban J connectivity index is 1.90. The molecule has 0 fully saturated rings. The molecule has 0 aliphatic heterocycles. The Morgan fingerprint density at radius 1 is 1.32 bits per heavy atom. The number of carbonyl (C=O) groups excluding carboxylic acids is 1. The first-order chi connectivity index (χ1) is 10.6. The molecule has 0 saturated heterocycles. The van der Waals surface area contributed by atoms with Crippen LogP contribution in [0.25, 0.3) is 0 Å². The van der Waals surface area contributed by atoms with Gasteiger partial charge in [-0.1, -0.05) is 42.5 Å². The summed E-state index contributed by atoms with van der Waals surface area (Å²) in [5, 5.41) is 18.8. The van der Waals surface area contributed by atoms with Crippen LogP contribution >= 0.6 is 0 Å². The van der Waals surface area contributed by atoms with Crippen molar-refractivity contribution >= 4 is 11.9 Å². The molecular weight excluding hydrogens is 284 g/mol. The van der Waals surface area contributed by atoms with E-state index in [0.29, 0.717) is 0 Å². The van der Waals surface area contributed by atoms with Crippen LogP contribution in [0.4, 0.5) is 0 Å². The predicted octanol–water partition coefficient (Wildman–Crippen LogP) is 1.11. The summed E-state index contributed by atoms with van der Waals surface area (Å²) in [7, 11) is 0. The van der Waals surface area contributed by atoms with Gasteiger partial charge in [0.2, 0.25) is 5.91 Å². The number of rotatable bonds is 7. The maximum Gasteiger partial charge on any atom is 0.358 e. The average molecular weight is 302 g/mol. The summed E-state index contributed by atoms with van der Waals surface area (Å²) in [5.74, 6) is -1.38. The van der Waals surface area contributed by atoms with Gasteiger partial charge in [-0.25, -0.2) is 9.48 Å². The first-order valence-corrected chi connectivity index (χ1v) is 7.05. The second-order valence-electron chi connectivity index (χ2n) is 4.97. The smallest absolute Gasteiger partial charge is 0.358 e. The fourth-order valence-corrected chi connectivity index (χ4v) is 2.09. The molecule has 1 aromatic heterocycles. The Morgan fingerprint density at radius 3 is 2.64 bits per heavy atom. The third-order valence-corrected chi connectivity index (χ3v) is 3.25. The second kappa shape index (κ2) is 7.35. The molecule has 0 radical (unpaired) electrons. The molecule has 116 valence electrons. The average Bonchev–Trinajstić information content (AvgIpc) is 2.96. The van der Waals surface area contributed by atoms with Crippen molar-refractivity contribution in [3.63, 3.8) is 0 Å². The molecule has 2 aromatic rings. The van der Waals surface area contributed by atoms with Crippen LogP contribution in [0.2, 0.25) is 0 Å². The number of carbonyl (C=O) groups is 2. The van der Waals surface area contributed by atoms with E-state index in [1.165, 1.54) is 10.9 Å². The van der Waals surface area contributed by atoms with E-state index < -0.39 is 5.97 Å². The van der Waals surface area contributed by atoms with Gasteiger partial charge < -0.3 is 10.4 Å². The number of carboxylic acids is 1. The highest BCUT2D eigenvalue weighted by atomic mass is 16.4. The molecule has 0 aliphatic carbocycles. The number of aromatic nitrogens is 3. The van der Waals surface area contributed by atoms with Gasteiger partial charge in [-0.15, -0.1) is 5.10 Å². The monoisotopic (exact) mass is 302 g/mol. The number of hydrogen-bond acceptors (Lipinski definition) is 4. The minimum atomic E-state index is -1.16. The number of nitrogens with zero attached hydrogens (tertiary/aromatic N) is 3. The topological polar surface area (TPSA) is 97.1 Å². The Morgan fingerprint density at radius 2 is 2.05 bits per heavy atom. The van der Waals surface area contributed by atoms with E-state index in [2.05, 4.69) is 15.6 Å². The van der Waals surface area contributed by atoms with Crippen LogP contribution in [0.3, 0.4) is 0 Å². The number of nitrogens with one attached hydrogen (secondary N) is 1. The molecule has 2 N–H and O–H groups in total. The molecule has 7 heteroatoms. The van der Waals surface area contributed by atoms with E-state index in [-0.39, 0.29) is 24.2 Å². The van der Waals surface area contributed by atoms with Crippen molar-refractivity contribution in [3.8, 4) is 0 Å². The Hall–Kier alpha value is -2.70. The summed E-state index contributed by atoms with van der Waals surface area (Å²) in [6, 6.07) is 9.95. The van der Waals surface area contributed by atoms with Gasteiger partial charge in [-0.3, -0.25) is 4.79 Å². The van der Waals surface area contributed by atoms with Gasteiger partial charge in [0.05, 0.1) is 6.20 Å². The van der Waals surface area contributed by atoms with E-state index in [9.17, 15) is 9.59 Å². The zero-order valence-corrected chi connectivity index (χ0v) is 12.3. The SMILES string of the molecule is CCC(Cc1ccccc1)NC(=O)Cn1cc(C(=O)O)nn1. The van der Waals surface area contributed by atoms with E-state index >= 15 is 0 Å². The van der Waals surface area contributed by atoms with Crippen LogP contribution in [0, 0.1) is 0 Å². The van der Waals surface area contributed by atoms with Crippen LogP contribution in [0.5, 0.6) is 0 Å². The summed E-state index contributed by atoms with van der Waals surface area (Å²) in [5.41, 5.74) is 0.979. The van der Waals surface area contributed by atoms with Crippen molar-refractivity contribution in [2.45, 2.75) is 32.4 Å². The third-order valence-electron chi connectivity index (χ3n) is 3.25. The van der Waals surface area contributed by atoms with E-state index in [1.807, 2.05) is 37.3 Å². The molecular formula is C15H18N4O3. The van der Waals surface area contributed by atoms with Crippen LogP contribution in [0.1, 0.15) is 29.4 Å². The summed E-state index contributed by atoms with van der Waals surface area (Å²) < 4.78 is 1.22. The van der Waals surface area contributed by atoms with Crippen molar-refractivity contribution in [1.82, 2.24) is 20.3 Å². The highest BCUT2D eigenvalue weighted by molar-refractivity contribution is 5.84. The van der Waals surface area contributed by atoms with Gasteiger partial charge in [-0.2, -0.15) is 0 Å². The minimum Gasteiger partial charge on any atom is -0.476 e. The zero-order valence-electron chi connectivity index (χ0n) is 12.3. The van der Waals surface area contributed by atoms with Gasteiger partial charge in [0.25, 0.3) is 0 Å². The number of amides is 1. The number of aromatic carboxylic acids is 1. The molecule has 1 heterocycles. The van der Waals surface area contributed by atoms with Gasteiger partial charge in [-0.05, 0) is 18.4 Å². The van der Waals surface area contributed by atoms with Crippen molar-refractivity contribution in [2.24, 2.45) is 0 Å². The standard InChI is InChI=1S/C15H18N4O3/c1-2-12(8-11-6-4-3-5-7-11)16-14(20)10-19-9-13(15(21)22)17-18-19/h3-7,9,12H,2,8,10H2,1H3,(H,16,20)(H,21,22). The van der Waals surface area contributed by atoms with Crippen molar-refractivity contribution in [1.29, 1.82) is 0 Å². The largest absolute Gasteiger partial charge is 0.476 e. The molecule has 0 aliphatic rings. The molecule has 22 heavy (non-hydrogen) atoms. The fraction of sp³-hybridized carbons (Fsp3) is 0.333. The molecule has 1 amide bonds. The minimum absolute atomic E-state index is 0.0253. The normalized spacial score (nSPS) is 11.9. The van der Waals surface area contributed by atoms with Crippen molar-refractivity contribution < 1.29 is 14.7 Å². The number of hydrogen-bond donors (Lipinski definition) is 2. The highest BCUT2D eigenvalue weighted by Gasteiger charge is 2.14. The first-order valence-electron chi connectivity index (χ1n) is 7.05. The fourth-order valence-electron chi connectivity index (χ4n) is 2.09. The molecule has 0 bridgehead atoms. The quantitative estimate of drug-likeness (QED) is 0.798. The van der Waals surface area contributed by atoms with Gasteiger partial charge in [0.1, 0.15) is 6.54 Å². The van der Waals surface area contributed by atoms with Crippen molar-refractivity contribution in [3.05, 3.63) is 47.8 Å². The maximum absolute atomic E-state index is 12.0. The molecule has 0 spiro atoms. The van der Waals surface area contributed by atoms with Crippen LogP contribution in [-0.4, -0.2) is 38.0 Å². The third kappa shape index (κ3) is 4.41. The summed E-state index contributed by atoms with van der Waals surface area (Å²) >= 11 is 0. The van der Waals surface area contributed by atoms with E-state index in [0.717, 1.165) is 18.4 Å². The predicted molar refractivity (Wildman–Crippen MR) is 79.3 cm³/mol. The zero-order chi connectivity index (χ0) is 15.9. The Bertz CT molecular complexity index is 639. The Labute approximate surface area is 128 Å². The first kappa shape index (κ1) is 15.7. The van der Waals surface area contributed by atoms with Gasteiger partial charge >= 0.3 is 5.97 Å². The Kier molecular flexibility index (Phi) is 5.24. The number of carboxylic acid groups (broad SMARTS) is 1. The maximum atomic E-state index is 12.0. The summed E-state index contributed by atoms with van der Waals surface area (Å²) in [6.07, 6.45) is 2.79. The lowest BCUT2D eigenvalue weighted by molar-refractivity contribution is -0.122. The van der Waals surface area contributed by atoms with E-state index in [4.69, 9.17) is 5.11 Å². The van der Waals surface area contributed by atoms with Gasteiger partial charge in [0.15, 0.2) is 5.69 Å². The summed E-state index contributed by atoms with van der Waals surface area (Å²) in [4.78, 5) is 22.7. The molecule has 1 atom stereocenters. The molecule has 1 unspecified atom stereocenters. The van der Waals surface area contributed by atoms with E-state index in [1.54, 1.807) is 0 Å². The lowest BCUT2D eigenvalue weighted by atomic mass is 10.0. The number of benzene rings is 1. The molecule has 2 rings (SSSR count). The molecule has 7 nitrogen and oxygen atoms in total. The highest BCUT2D eigenvalue weighted by Crippen LogP contribution is 2.05. The van der Waals surface area contributed by atoms with Crippen LogP contribution in [0.15, 0.2) is 36.5 Å². The molecule has 1 aromatic carbocycles. The second-order valence-corrected chi connectivity index (χ2v) is 4.97. The van der Waals surface area contributed by atoms with Crippen molar-refractivity contribution in [2.75, 3.05) is 0 Å².